The van der Waals surface area contributed by atoms with Crippen LogP contribution < -0.4 is 4.90 Å². The van der Waals surface area contributed by atoms with E-state index in [-0.39, 0.29) is 0 Å². The summed E-state index contributed by atoms with van der Waals surface area (Å²) in [5.74, 6) is 1.01. The van der Waals surface area contributed by atoms with Gasteiger partial charge in [-0.05, 0) is 71.9 Å². The monoisotopic (exact) mass is 524 g/mol. The van der Waals surface area contributed by atoms with Gasteiger partial charge in [-0.25, -0.2) is 9.97 Å². The predicted octanol–water partition coefficient (Wildman–Crippen LogP) is 6.30. The number of piperidine rings is 1. The minimum Gasteiger partial charge on any atom is -0.342 e. The molecular formula is C21H22ClIN4S. The number of rotatable bonds is 3. The van der Waals surface area contributed by atoms with Gasteiger partial charge in [-0.3, -0.25) is 4.40 Å². The first kappa shape index (κ1) is 19.0. The van der Waals surface area contributed by atoms with Crippen LogP contribution in [0.15, 0.2) is 46.6 Å². The van der Waals surface area contributed by atoms with Crippen LogP contribution in [0.5, 0.6) is 0 Å². The lowest BCUT2D eigenvalue weighted by atomic mass is 9.77. The summed E-state index contributed by atoms with van der Waals surface area (Å²) in [7, 11) is 0. The van der Waals surface area contributed by atoms with Gasteiger partial charge in [-0.2, -0.15) is 0 Å². The van der Waals surface area contributed by atoms with Crippen molar-refractivity contribution in [3.63, 3.8) is 0 Å². The average molecular weight is 525 g/mol. The molecule has 1 aliphatic carbocycles. The summed E-state index contributed by atoms with van der Waals surface area (Å²) < 4.78 is 3.30. The highest BCUT2D eigenvalue weighted by Crippen LogP contribution is 2.46. The summed E-state index contributed by atoms with van der Waals surface area (Å²) in [5, 5.41) is 0.761. The standard InChI is InChI=1S/C21H22ClIN4S/c22-16-4-3-15(23)13-17(16)28-18-14-25-20(27-12-9-24-19(18)27)26-10-7-21(8-11-26)5-1-2-6-21/h3-4,9,12-14H,1-2,5-8,10-11H2. The second-order valence-corrected chi connectivity index (χ2v) is 10.7. The smallest absolute Gasteiger partial charge is 0.211 e. The highest BCUT2D eigenvalue weighted by molar-refractivity contribution is 14.1. The molecule has 0 atom stereocenters. The van der Waals surface area contributed by atoms with Gasteiger partial charge in [-0.1, -0.05) is 36.2 Å². The molecule has 1 saturated heterocycles. The molecule has 146 valence electrons. The molecule has 28 heavy (non-hydrogen) atoms. The van der Waals surface area contributed by atoms with Crippen molar-refractivity contribution in [2.75, 3.05) is 18.0 Å². The van der Waals surface area contributed by atoms with Gasteiger partial charge >= 0.3 is 0 Å². The van der Waals surface area contributed by atoms with E-state index in [0.717, 1.165) is 39.5 Å². The quantitative estimate of drug-likeness (QED) is 0.377. The molecule has 3 aromatic rings. The number of hydrogen-bond donors (Lipinski definition) is 0. The van der Waals surface area contributed by atoms with Crippen molar-refractivity contribution < 1.29 is 0 Å². The fraction of sp³-hybridized carbons (Fsp3) is 0.429. The minimum atomic E-state index is 0.613. The fourth-order valence-electron chi connectivity index (χ4n) is 4.67. The van der Waals surface area contributed by atoms with Crippen LogP contribution >= 0.6 is 46.0 Å². The Bertz CT molecular complexity index is 1000. The third-order valence-electron chi connectivity index (χ3n) is 6.26. The van der Waals surface area contributed by atoms with E-state index >= 15 is 0 Å². The lowest BCUT2D eigenvalue weighted by Gasteiger charge is -2.39. The average Bonchev–Trinajstić information content (AvgIpc) is 3.36. The second-order valence-electron chi connectivity index (χ2n) is 7.91. The van der Waals surface area contributed by atoms with Crippen LogP contribution in [-0.2, 0) is 0 Å². The van der Waals surface area contributed by atoms with Crippen molar-refractivity contribution in [1.29, 1.82) is 0 Å². The van der Waals surface area contributed by atoms with Crippen molar-refractivity contribution in [1.82, 2.24) is 14.4 Å². The van der Waals surface area contributed by atoms with Crippen molar-refractivity contribution >= 4 is 57.5 Å². The maximum Gasteiger partial charge on any atom is 0.211 e. The Kier molecular flexibility index (Phi) is 5.22. The molecule has 4 nitrogen and oxygen atoms in total. The van der Waals surface area contributed by atoms with E-state index in [1.54, 1.807) is 11.8 Å². The van der Waals surface area contributed by atoms with E-state index < -0.39 is 0 Å². The van der Waals surface area contributed by atoms with Crippen LogP contribution in [0.25, 0.3) is 5.65 Å². The summed E-state index contributed by atoms with van der Waals surface area (Å²) in [4.78, 5) is 14.0. The maximum atomic E-state index is 6.40. The highest BCUT2D eigenvalue weighted by Gasteiger charge is 2.37. The molecule has 0 unspecified atom stereocenters. The van der Waals surface area contributed by atoms with E-state index in [1.807, 2.05) is 30.7 Å². The normalized spacial score (nSPS) is 19.0. The van der Waals surface area contributed by atoms with E-state index in [4.69, 9.17) is 16.6 Å². The lowest BCUT2D eigenvalue weighted by Crippen LogP contribution is -2.40. The van der Waals surface area contributed by atoms with Gasteiger partial charge in [0, 0.05) is 40.1 Å². The van der Waals surface area contributed by atoms with Crippen LogP contribution in [0, 0.1) is 8.99 Å². The van der Waals surface area contributed by atoms with Crippen molar-refractivity contribution in [2.24, 2.45) is 5.41 Å². The summed E-state index contributed by atoms with van der Waals surface area (Å²) in [6.07, 6.45) is 14.1. The van der Waals surface area contributed by atoms with Crippen LogP contribution in [0.1, 0.15) is 38.5 Å². The molecule has 2 aromatic heterocycles. The van der Waals surface area contributed by atoms with E-state index in [9.17, 15) is 0 Å². The number of fused-ring (bicyclic) bond motifs is 1. The van der Waals surface area contributed by atoms with Crippen LogP contribution in [0.4, 0.5) is 5.95 Å². The molecule has 0 amide bonds. The molecule has 1 aromatic carbocycles. The van der Waals surface area contributed by atoms with Gasteiger partial charge in [0.15, 0.2) is 5.65 Å². The Labute approximate surface area is 188 Å². The summed E-state index contributed by atoms with van der Waals surface area (Å²) >= 11 is 10.3. The molecule has 7 heteroatoms. The third-order valence-corrected chi connectivity index (χ3v) is 8.44. The predicted molar refractivity (Wildman–Crippen MR) is 124 cm³/mol. The Balaban J connectivity index is 1.43. The minimum absolute atomic E-state index is 0.613. The topological polar surface area (TPSA) is 33.4 Å². The first-order valence-electron chi connectivity index (χ1n) is 9.84. The zero-order valence-corrected chi connectivity index (χ0v) is 19.3. The SMILES string of the molecule is Clc1ccc(I)cc1Sc1cnc(N2CCC3(CCCC3)CC2)n2ccnc12. The number of halogens is 2. The van der Waals surface area contributed by atoms with Gasteiger partial charge in [0.1, 0.15) is 0 Å². The molecule has 3 heterocycles. The second kappa shape index (κ2) is 7.69. The van der Waals surface area contributed by atoms with Gasteiger partial charge in [0.05, 0.1) is 9.92 Å². The van der Waals surface area contributed by atoms with Gasteiger partial charge in [-0.15, -0.1) is 0 Å². The highest BCUT2D eigenvalue weighted by atomic mass is 127. The molecular weight excluding hydrogens is 503 g/mol. The van der Waals surface area contributed by atoms with E-state index in [1.165, 1.54) is 42.1 Å². The Morgan fingerprint density at radius 2 is 1.82 bits per heavy atom. The van der Waals surface area contributed by atoms with Crippen LogP contribution in [-0.4, -0.2) is 27.5 Å². The molecule has 1 aliphatic heterocycles. The largest absolute Gasteiger partial charge is 0.342 e. The lowest BCUT2D eigenvalue weighted by molar-refractivity contribution is 0.225. The number of imidazole rings is 1. The number of aromatic nitrogens is 3. The van der Waals surface area contributed by atoms with Crippen LogP contribution in [0.3, 0.4) is 0 Å². The van der Waals surface area contributed by atoms with E-state index in [0.29, 0.717) is 5.41 Å². The number of nitrogens with zero attached hydrogens (tertiary/aromatic N) is 4. The fourth-order valence-corrected chi connectivity index (χ4v) is 6.54. The number of hydrogen-bond acceptors (Lipinski definition) is 4. The summed E-state index contributed by atoms with van der Waals surface area (Å²) in [6.45, 7) is 2.19. The Morgan fingerprint density at radius 1 is 1.04 bits per heavy atom. The number of benzene rings is 1. The summed E-state index contributed by atoms with van der Waals surface area (Å²) in [6, 6.07) is 6.07. The molecule has 0 radical (unpaired) electrons. The molecule has 0 bridgehead atoms. The molecule has 2 aliphatic rings. The first-order valence-corrected chi connectivity index (χ1v) is 12.1. The maximum absolute atomic E-state index is 6.40. The molecule has 1 spiro atoms. The Hall–Kier alpha value is -0.990. The molecule has 0 N–H and O–H groups in total. The molecule has 1 saturated carbocycles. The van der Waals surface area contributed by atoms with E-state index in [2.05, 4.69) is 42.9 Å². The van der Waals surface area contributed by atoms with Gasteiger partial charge in [0.25, 0.3) is 0 Å². The molecule has 5 rings (SSSR count). The first-order chi connectivity index (χ1) is 13.6. The third kappa shape index (κ3) is 3.52. The number of anilines is 1. The molecule has 2 fully saturated rings. The van der Waals surface area contributed by atoms with Crippen LogP contribution in [0.2, 0.25) is 5.02 Å². The van der Waals surface area contributed by atoms with Crippen molar-refractivity contribution in [3.05, 3.63) is 45.4 Å². The van der Waals surface area contributed by atoms with Gasteiger partial charge in [0.2, 0.25) is 5.95 Å². The van der Waals surface area contributed by atoms with Crippen molar-refractivity contribution in [2.45, 2.75) is 48.3 Å². The summed E-state index contributed by atoms with van der Waals surface area (Å²) in [5.41, 5.74) is 1.56. The van der Waals surface area contributed by atoms with Crippen molar-refractivity contribution in [3.8, 4) is 0 Å². The zero-order valence-electron chi connectivity index (χ0n) is 15.6. The zero-order chi connectivity index (χ0) is 19.1. The van der Waals surface area contributed by atoms with Gasteiger partial charge < -0.3 is 4.90 Å². The Morgan fingerprint density at radius 3 is 2.61 bits per heavy atom.